The first kappa shape index (κ1) is 22.8. The maximum atomic E-state index is 13.0. The van der Waals surface area contributed by atoms with Crippen molar-refractivity contribution in [2.75, 3.05) is 31.6 Å². The molecule has 166 valence electrons. The molecule has 30 heavy (non-hydrogen) atoms. The molecule has 0 radical (unpaired) electrons. The number of nitrogens with one attached hydrogen (secondary N) is 2. The van der Waals surface area contributed by atoms with Gasteiger partial charge in [0.15, 0.2) is 0 Å². The van der Waals surface area contributed by atoms with E-state index in [0.29, 0.717) is 36.5 Å². The lowest BCUT2D eigenvalue weighted by molar-refractivity contribution is -0.149. The fourth-order valence-electron chi connectivity index (χ4n) is 3.88. The van der Waals surface area contributed by atoms with Crippen LogP contribution in [0.4, 0.5) is 10.5 Å². The van der Waals surface area contributed by atoms with Gasteiger partial charge in [0.25, 0.3) is 0 Å². The highest BCUT2D eigenvalue weighted by molar-refractivity contribution is 6.30. The summed E-state index contributed by atoms with van der Waals surface area (Å²) in [6.45, 7) is 3.17. The molecule has 8 nitrogen and oxygen atoms in total. The van der Waals surface area contributed by atoms with Gasteiger partial charge in [-0.2, -0.15) is 0 Å². The molecule has 0 aromatic heterocycles. The number of anilines is 1. The van der Waals surface area contributed by atoms with Crippen LogP contribution in [0, 0.1) is 0 Å². The summed E-state index contributed by atoms with van der Waals surface area (Å²) in [4.78, 5) is 26.7. The Morgan fingerprint density at radius 3 is 2.90 bits per heavy atom. The second-order valence-electron chi connectivity index (χ2n) is 7.78. The number of fused-ring (bicyclic) bond motifs is 1. The minimum absolute atomic E-state index is 0.0296. The highest BCUT2D eigenvalue weighted by Gasteiger charge is 2.40. The summed E-state index contributed by atoms with van der Waals surface area (Å²) < 4.78 is 11.7. The normalized spacial score (nSPS) is 26.8. The van der Waals surface area contributed by atoms with E-state index in [4.69, 9.17) is 21.1 Å². The van der Waals surface area contributed by atoms with E-state index in [0.717, 1.165) is 6.42 Å². The summed E-state index contributed by atoms with van der Waals surface area (Å²) >= 11 is 6.01. The van der Waals surface area contributed by atoms with Gasteiger partial charge < -0.3 is 30.1 Å². The molecule has 2 aliphatic rings. The van der Waals surface area contributed by atoms with Crippen LogP contribution in [0.1, 0.15) is 32.6 Å². The van der Waals surface area contributed by atoms with Crippen LogP contribution in [-0.4, -0.2) is 72.6 Å². The molecule has 3 amide bonds. The molecule has 0 unspecified atom stereocenters. The highest BCUT2D eigenvalue weighted by atomic mass is 35.5. The number of aliphatic hydroxyl groups is 1. The number of carbonyl (C=O) groups excluding carboxylic acids is 2. The zero-order valence-electron chi connectivity index (χ0n) is 17.2. The maximum Gasteiger partial charge on any atom is 0.322 e. The largest absolute Gasteiger partial charge is 0.389 e. The van der Waals surface area contributed by atoms with Gasteiger partial charge in [0.1, 0.15) is 6.10 Å². The van der Waals surface area contributed by atoms with Crippen molar-refractivity contribution in [3.63, 3.8) is 0 Å². The van der Waals surface area contributed by atoms with Gasteiger partial charge >= 0.3 is 6.03 Å². The molecule has 2 heterocycles. The van der Waals surface area contributed by atoms with Crippen molar-refractivity contribution in [3.8, 4) is 0 Å². The Morgan fingerprint density at radius 2 is 2.13 bits per heavy atom. The Morgan fingerprint density at radius 1 is 1.30 bits per heavy atom. The smallest absolute Gasteiger partial charge is 0.322 e. The van der Waals surface area contributed by atoms with Gasteiger partial charge in [0.2, 0.25) is 5.91 Å². The van der Waals surface area contributed by atoms with Crippen molar-refractivity contribution in [1.29, 1.82) is 0 Å². The molecule has 1 aromatic rings. The number of benzene rings is 1. The third-order valence-corrected chi connectivity index (χ3v) is 5.54. The lowest BCUT2D eigenvalue weighted by atomic mass is 9.95. The van der Waals surface area contributed by atoms with Gasteiger partial charge in [0, 0.05) is 17.3 Å². The Bertz CT molecular complexity index is 734. The van der Waals surface area contributed by atoms with Crippen molar-refractivity contribution in [3.05, 3.63) is 29.3 Å². The molecular weight excluding hydrogens is 410 g/mol. The number of amides is 3. The molecule has 9 heteroatoms. The average molecular weight is 440 g/mol. The molecule has 0 aliphatic carbocycles. The standard InChI is InChI=1S/C21H30ClN3O5/c1-2-8-23-20(27)10-17-6-7-18-19(30-17)13-29-12-16(26)11-25(18)21(28)24-15-5-3-4-14(22)9-15/h3-5,9,16-19,26H,2,6-8,10-13H2,1H3,(H,23,27)(H,24,28)/t16-,17+,18+,19-/m0/s1. The van der Waals surface area contributed by atoms with E-state index in [1.165, 1.54) is 0 Å². The minimum atomic E-state index is -0.784. The number of halogens is 1. The van der Waals surface area contributed by atoms with Crippen LogP contribution < -0.4 is 10.6 Å². The lowest BCUT2D eigenvalue weighted by Crippen LogP contribution is -2.58. The first-order valence-corrected chi connectivity index (χ1v) is 10.8. The monoisotopic (exact) mass is 439 g/mol. The quantitative estimate of drug-likeness (QED) is 0.654. The van der Waals surface area contributed by atoms with Crippen LogP contribution in [0.25, 0.3) is 0 Å². The summed E-state index contributed by atoms with van der Waals surface area (Å²) in [5, 5.41) is 16.5. The molecule has 3 N–H and O–H groups in total. The van der Waals surface area contributed by atoms with Crippen molar-refractivity contribution in [2.45, 2.75) is 57.0 Å². The van der Waals surface area contributed by atoms with Crippen LogP contribution in [-0.2, 0) is 14.3 Å². The molecular formula is C21H30ClN3O5. The molecule has 2 saturated heterocycles. The number of hydrogen-bond acceptors (Lipinski definition) is 5. The number of urea groups is 1. The molecule has 3 rings (SSSR count). The third kappa shape index (κ3) is 6.31. The van der Waals surface area contributed by atoms with E-state index < -0.39 is 6.10 Å². The third-order valence-electron chi connectivity index (χ3n) is 5.30. The van der Waals surface area contributed by atoms with Crippen molar-refractivity contribution < 1.29 is 24.2 Å². The summed E-state index contributed by atoms with van der Waals surface area (Å²) in [6, 6.07) is 6.34. The fourth-order valence-corrected chi connectivity index (χ4v) is 4.07. The molecule has 0 bridgehead atoms. The van der Waals surface area contributed by atoms with Crippen molar-refractivity contribution >= 4 is 29.2 Å². The second-order valence-corrected chi connectivity index (χ2v) is 8.22. The first-order valence-electron chi connectivity index (χ1n) is 10.5. The van der Waals surface area contributed by atoms with E-state index in [2.05, 4.69) is 10.6 Å². The summed E-state index contributed by atoms with van der Waals surface area (Å²) in [7, 11) is 0. The van der Waals surface area contributed by atoms with Gasteiger partial charge in [-0.3, -0.25) is 4.79 Å². The van der Waals surface area contributed by atoms with E-state index in [1.807, 2.05) is 6.92 Å². The second kappa shape index (κ2) is 10.9. The molecule has 4 atom stereocenters. The Labute approximate surface area is 181 Å². The predicted molar refractivity (Wildman–Crippen MR) is 114 cm³/mol. The van der Waals surface area contributed by atoms with Gasteiger partial charge in [-0.15, -0.1) is 0 Å². The zero-order valence-corrected chi connectivity index (χ0v) is 17.9. The average Bonchev–Trinajstić information content (AvgIpc) is 2.69. The molecule has 2 aliphatic heterocycles. The number of β-amino-alcohol motifs (C(OH)–C–C–N with tert-alkyl or cyclic N) is 1. The minimum Gasteiger partial charge on any atom is -0.389 e. The molecule has 0 spiro atoms. The van der Waals surface area contributed by atoms with E-state index in [-0.39, 0.29) is 49.9 Å². The molecule has 2 fully saturated rings. The van der Waals surface area contributed by atoms with E-state index in [1.54, 1.807) is 29.2 Å². The van der Waals surface area contributed by atoms with Gasteiger partial charge in [-0.05, 0) is 37.5 Å². The van der Waals surface area contributed by atoms with Crippen LogP contribution in [0.2, 0.25) is 5.02 Å². The molecule has 0 saturated carbocycles. The SMILES string of the molecule is CCCNC(=O)C[C@H]1CC[C@@H]2[C@H](COC[C@@H](O)CN2C(=O)Nc2cccc(Cl)c2)O1. The zero-order chi connectivity index (χ0) is 21.5. The predicted octanol–water partition coefficient (Wildman–Crippen LogP) is 2.40. The summed E-state index contributed by atoms with van der Waals surface area (Å²) in [5.74, 6) is -0.0296. The maximum absolute atomic E-state index is 13.0. The number of nitrogens with zero attached hydrogens (tertiary/aromatic N) is 1. The van der Waals surface area contributed by atoms with Crippen molar-refractivity contribution in [1.82, 2.24) is 10.2 Å². The first-order chi connectivity index (χ1) is 14.5. The van der Waals surface area contributed by atoms with E-state index >= 15 is 0 Å². The molecule has 1 aromatic carbocycles. The van der Waals surface area contributed by atoms with Crippen LogP contribution >= 0.6 is 11.6 Å². The van der Waals surface area contributed by atoms with Crippen LogP contribution in [0.5, 0.6) is 0 Å². The van der Waals surface area contributed by atoms with Gasteiger partial charge in [0.05, 0.1) is 44.4 Å². The Hall–Kier alpha value is -1.87. The summed E-state index contributed by atoms with van der Waals surface area (Å²) in [6.07, 6.45) is 1.13. The number of hydrogen-bond donors (Lipinski definition) is 3. The Balaban J connectivity index is 1.67. The van der Waals surface area contributed by atoms with Crippen LogP contribution in [0.15, 0.2) is 24.3 Å². The van der Waals surface area contributed by atoms with Crippen LogP contribution in [0.3, 0.4) is 0 Å². The number of aliphatic hydroxyl groups excluding tert-OH is 1. The van der Waals surface area contributed by atoms with E-state index in [9.17, 15) is 14.7 Å². The number of rotatable bonds is 5. The lowest BCUT2D eigenvalue weighted by Gasteiger charge is -2.44. The fraction of sp³-hybridized carbons (Fsp3) is 0.619. The van der Waals surface area contributed by atoms with Gasteiger partial charge in [-0.1, -0.05) is 24.6 Å². The topological polar surface area (TPSA) is 100 Å². The number of carbonyl (C=O) groups is 2. The van der Waals surface area contributed by atoms with Crippen molar-refractivity contribution in [2.24, 2.45) is 0 Å². The Kier molecular flexibility index (Phi) is 8.32. The summed E-state index contributed by atoms with van der Waals surface area (Å²) in [5.41, 5.74) is 0.582. The number of ether oxygens (including phenoxy) is 2. The van der Waals surface area contributed by atoms with Gasteiger partial charge in [-0.25, -0.2) is 4.79 Å². The highest BCUT2D eigenvalue weighted by Crippen LogP contribution is 2.28.